The molecule has 0 atom stereocenters. The van der Waals surface area contributed by atoms with Crippen molar-refractivity contribution in [2.45, 2.75) is 32.6 Å². The van der Waals surface area contributed by atoms with Crippen molar-refractivity contribution in [2.75, 3.05) is 24.0 Å². The first-order valence-corrected chi connectivity index (χ1v) is 8.46. The van der Waals surface area contributed by atoms with E-state index in [4.69, 9.17) is 9.47 Å². The summed E-state index contributed by atoms with van der Waals surface area (Å²) in [6, 6.07) is 13.6. The Morgan fingerprint density at radius 1 is 1.08 bits per heavy atom. The van der Waals surface area contributed by atoms with Gasteiger partial charge in [0.15, 0.2) is 11.5 Å². The topological polar surface area (TPSA) is 59.6 Å². The van der Waals surface area contributed by atoms with Crippen LogP contribution in [-0.4, -0.2) is 19.2 Å². The zero-order valence-electron chi connectivity index (χ0n) is 14.9. The minimum atomic E-state index is -0.0420. The molecule has 1 aliphatic rings. The van der Waals surface area contributed by atoms with Gasteiger partial charge in [0.05, 0.1) is 0 Å². The average Bonchev–Trinajstić information content (AvgIpc) is 3.02. The average molecular weight is 340 g/mol. The number of carbonyl (C=O) groups excluding carboxylic acids is 1. The minimum Gasteiger partial charge on any atom is -0.454 e. The van der Waals surface area contributed by atoms with Crippen LogP contribution in [0.4, 0.5) is 11.4 Å². The largest absolute Gasteiger partial charge is 0.454 e. The predicted octanol–water partition coefficient (Wildman–Crippen LogP) is 4.15. The molecular formula is C20H24N2O3. The number of fused-ring (bicyclic) bond motifs is 1. The first-order chi connectivity index (χ1) is 11.9. The molecule has 0 fully saturated rings. The lowest BCUT2D eigenvalue weighted by molar-refractivity contribution is -0.115. The van der Waals surface area contributed by atoms with E-state index >= 15 is 0 Å². The SMILES string of the molecule is CC(C)(C)c1ccccc1NCCC(=O)Nc1ccc2c(c1)OCO2. The number of nitrogens with one attached hydrogen (secondary N) is 2. The Hall–Kier alpha value is -2.69. The monoisotopic (exact) mass is 340 g/mol. The van der Waals surface area contributed by atoms with E-state index in [0.29, 0.717) is 30.2 Å². The number of ether oxygens (including phenoxy) is 2. The molecule has 0 unspecified atom stereocenters. The van der Waals surface area contributed by atoms with Gasteiger partial charge in [-0.1, -0.05) is 39.0 Å². The van der Waals surface area contributed by atoms with Gasteiger partial charge in [0, 0.05) is 30.4 Å². The van der Waals surface area contributed by atoms with Crippen molar-refractivity contribution < 1.29 is 14.3 Å². The predicted molar refractivity (Wildman–Crippen MR) is 99.4 cm³/mol. The summed E-state index contributed by atoms with van der Waals surface area (Å²) in [6.45, 7) is 7.34. The van der Waals surface area contributed by atoms with Crippen LogP contribution in [0.5, 0.6) is 11.5 Å². The summed E-state index contributed by atoms with van der Waals surface area (Å²) >= 11 is 0. The van der Waals surface area contributed by atoms with E-state index in [0.717, 1.165) is 5.69 Å². The molecule has 132 valence electrons. The molecule has 0 radical (unpaired) electrons. The Balaban J connectivity index is 1.54. The fourth-order valence-electron chi connectivity index (χ4n) is 2.80. The van der Waals surface area contributed by atoms with Crippen LogP contribution < -0.4 is 20.1 Å². The molecular weight excluding hydrogens is 316 g/mol. The summed E-state index contributed by atoms with van der Waals surface area (Å²) in [5.74, 6) is 1.33. The van der Waals surface area contributed by atoms with Crippen LogP contribution in [-0.2, 0) is 10.2 Å². The Morgan fingerprint density at radius 2 is 1.84 bits per heavy atom. The van der Waals surface area contributed by atoms with Gasteiger partial charge in [0.1, 0.15) is 0 Å². The van der Waals surface area contributed by atoms with Crippen LogP contribution in [0.2, 0.25) is 0 Å². The van der Waals surface area contributed by atoms with Gasteiger partial charge in [0.25, 0.3) is 0 Å². The summed E-state index contributed by atoms with van der Waals surface area (Å²) in [6.07, 6.45) is 0.382. The molecule has 0 saturated heterocycles. The standard InChI is InChI=1S/C20H24N2O3/c1-20(2,3)15-6-4-5-7-16(15)21-11-10-19(23)22-14-8-9-17-18(12-14)25-13-24-17/h4-9,12,21H,10-11,13H2,1-3H3,(H,22,23). The van der Waals surface area contributed by atoms with Gasteiger partial charge in [-0.3, -0.25) is 4.79 Å². The molecule has 5 nitrogen and oxygen atoms in total. The summed E-state index contributed by atoms with van der Waals surface area (Å²) in [5.41, 5.74) is 3.08. The molecule has 2 aromatic carbocycles. The van der Waals surface area contributed by atoms with Gasteiger partial charge in [-0.05, 0) is 29.2 Å². The van der Waals surface area contributed by atoms with Crippen LogP contribution in [0.15, 0.2) is 42.5 Å². The number of anilines is 2. The maximum absolute atomic E-state index is 12.2. The number of benzene rings is 2. The van der Waals surface area contributed by atoms with E-state index in [1.807, 2.05) is 18.2 Å². The van der Waals surface area contributed by atoms with Crippen molar-refractivity contribution in [3.63, 3.8) is 0 Å². The van der Waals surface area contributed by atoms with E-state index in [1.165, 1.54) is 5.56 Å². The van der Waals surface area contributed by atoms with Crippen LogP contribution in [0.25, 0.3) is 0 Å². The zero-order chi connectivity index (χ0) is 17.9. The van der Waals surface area contributed by atoms with Crippen LogP contribution in [0.1, 0.15) is 32.8 Å². The highest BCUT2D eigenvalue weighted by molar-refractivity contribution is 5.91. The molecule has 1 aliphatic heterocycles. The number of rotatable bonds is 5. The van der Waals surface area contributed by atoms with E-state index in [-0.39, 0.29) is 18.1 Å². The van der Waals surface area contributed by atoms with Crippen molar-refractivity contribution in [1.82, 2.24) is 0 Å². The maximum Gasteiger partial charge on any atom is 0.231 e. The smallest absolute Gasteiger partial charge is 0.231 e. The number of amides is 1. The van der Waals surface area contributed by atoms with Gasteiger partial charge in [-0.25, -0.2) is 0 Å². The van der Waals surface area contributed by atoms with E-state index in [2.05, 4.69) is 43.5 Å². The minimum absolute atomic E-state index is 0.0420. The molecule has 1 amide bonds. The third-order valence-corrected chi connectivity index (χ3v) is 4.06. The molecule has 0 aromatic heterocycles. The van der Waals surface area contributed by atoms with Crippen molar-refractivity contribution >= 4 is 17.3 Å². The lowest BCUT2D eigenvalue weighted by Crippen LogP contribution is -2.19. The third-order valence-electron chi connectivity index (χ3n) is 4.06. The molecule has 25 heavy (non-hydrogen) atoms. The molecule has 0 aliphatic carbocycles. The number of hydrogen-bond donors (Lipinski definition) is 2. The molecule has 0 bridgehead atoms. The van der Waals surface area contributed by atoms with Crippen LogP contribution in [0.3, 0.4) is 0 Å². The van der Waals surface area contributed by atoms with Gasteiger partial charge in [-0.2, -0.15) is 0 Å². The quantitative estimate of drug-likeness (QED) is 0.858. The van der Waals surface area contributed by atoms with Crippen LogP contribution in [0, 0.1) is 0 Å². The second-order valence-electron chi connectivity index (χ2n) is 7.09. The Kier molecular flexibility index (Phi) is 4.83. The molecule has 3 rings (SSSR count). The summed E-state index contributed by atoms with van der Waals surface area (Å²) in [5, 5.41) is 6.26. The van der Waals surface area contributed by atoms with Crippen LogP contribution >= 0.6 is 0 Å². The molecule has 2 aromatic rings. The van der Waals surface area contributed by atoms with Gasteiger partial charge in [0.2, 0.25) is 12.7 Å². The fraction of sp³-hybridized carbons (Fsp3) is 0.350. The lowest BCUT2D eigenvalue weighted by Gasteiger charge is -2.23. The number of carbonyl (C=O) groups is 1. The molecule has 0 saturated carbocycles. The normalized spacial score (nSPS) is 12.8. The molecule has 2 N–H and O–H groups in total. The van der Waals surface area contributed by atoms with Crippen molar-refractivity contribution in [3.05, 3.63) is 48.0 Å². The van der Waals surface area contributed by atoms with Crippen molar-refractivity contribution in [2.24, 2.45) is 0 Å². The maximum atomic E-state index is 12.2. The van der Waals surface area contributed by atoms with Crippen molar-refractivity contribution in [1.29, 1.82) is 0 Å². The zero-order valence-corrected chi connectivity index (χ0v) is 14.9. The van der Waals surface area contributed by atoms with Crippen molar-refractivity contribution in [3.8, 4) is 11.5 Å². The summed E-state index contributed by atoms with van der Waals surface area (Å²) in [7, 11) is 0. The first-order valence-electron chi connectivity index (χ1n) is 8.46. The van der Waals surface area contributed by atoms with E-state index < -0.39 is 0 Å². The summed E-state index contributed by atoms with van der Waals surface area (Å²) in [4.78, 5) is 12.2. The second-order valence-corrected chi connectivity index (χ2v) is 7.09. The number of hydrogen-bond acceptors (Lipinski definition) is 4. The summed E-state index contributed by atoms with van der Waals surface area (Å²) < 4.78 is 10.6. The lowest BCUT2D eigenvalue weighted by atomic mass is 9.86. The molecule has 1 heterocycles. The van der Waals surface area contributed by atoms with Gasteiger partial charge in [-0.15, -0.1) is 0 Å². The Labute approximate surface area is 148 Å². The fourth-order valence-corrected chi connectivity index (χ4v) is 2.80. The van der Waals surface area contributed by atoms with E-state index in [1.54, 1.807) is 12.1 Å². The number of para-hydroxylation sites is 1. The van der Waals surface area contributed by atoms with E-state index in [9.17, 15) is 4.79 Å². The Morgan fingerprint density at radius 3 is 2.64 bits per heavy atom. The first kappa shape index (κ1) is 17.1. The van der Waals surface area contributed by atoms with Gasteiger partial charge >= 0.3 is 0 Å². The highest BCUT2D eigenvalue weighted by atomic mass is 16.7. The second kappa shape index (κ2) is 7.05. The highest BCUT2D eigenvalue weighted by Gasteiger charge is 2.17. The third kappa shape index (κ3) is 4.24. The molecule has 0 spiro atoms. The highest BCUT2D eigenvalue weighted by Crippen LogP contribution is 2.34. The Bertz CT molecular complexity index is 766. The van der Waals surface area contributed by atoms with Gasteiger partial charge < -0.3 is 20.1 Å². The molecule has 5 heteroatoms.